The number of rotatable bonds is 1. The molecule has 0 atom stereocenters. The van der Waals surface area contributed by atoms with Crippen LogP contribution in [0, 0.1) is 13.8 Å². The fourth-order valence-electron chi connectivity index (χ4n) is 0. The molecule has 0 aromatic rings. The molecule has 0 aliphatic heterocycles. The minimum absolute atomic E-state index is 0. The molecule has 0 fully saturated rings. The standard InChI is InChI=1S/C4H8.W/c1-3-4-2;/h1-4H2;/q-2;+2. The van der Waals surface area contributed by atoms with Crippen LogP contribution >= 0.6 is 0 Å². The second-order valence-corrected chi connectivity index (χ2v) is 0.707. The molecule has 0 radical (unpaired) electrons. The van der Waals surface area contributed by atoms with Crippen LogP contribution in [0.5, 0.6) is 0 Å². The van der Waals surface area contributed by atoms with Gasteiger partial charge in [-0.2, -0.15) is 0 Å². The van der Waals surface area contributed by atoms with E-state index >= 15 is 0 Å². The van der Waals surface area contributed by atoms with Crippen LogP contribution in [0.4, 0.5) is 0 Å². The van der Waals surface area contributed by atoms with E-state index < -0.39 is 0 Å². The molecule has 0 saturated heterocycles. The molecule has 0 bridgehead atoms. The van der Waals surface area contributed by atoms with Crippen molar-refractivity contribution in [2.45, 2.75) is 12.8 Å². The molecule has 0 saturated carbocycles. The van der Waals surface area contributed by atoms with Crippen molar-refractivity contribution in [3.05, 3.63) is 13.8 Å². The first-order chi connectivity index (χ1) is 1.91. The third kappa shape index (κ3) is 11.9. The minimum Gasteiger partial charge on any atom is -0.346 e. The third-order valence-electron chi connectivity index (χ3n) is 0.250. The molecular formula is C4H8W. The van der Waals surface area contributed by atoms with Gasteiger partial charge in [0.1, 0.15) is 0 Å². The second-order valence-electron chi connectivity index (χ2n) is 0.707. The van der Waals surface area contributed by atoms with E-state index in [1.54, 1.807) is 0 Å². The normalized spacial score (nSPS) is 6.00. The monoisotopic (exact) mass is 240 g/mol. The maximum atomic E-state index is 3.54. The Morgan fingerprint density at radius 1 is 1.00 bits per heavy atom. The van der Waals surface area contributed by atoms with E-state index in [2.05, 4.69) is 13.8 Å². The van der Waals surface area contributed by atoms with Gasteiger partial charge in [0.2, 0.25) is 0 Å². The molecule has 1 heteroatoms. The Morgan fingerprint density at radius 2 is 1.20 bits per heavy atom. The molecule has 0 spiro atoms. The van der Waals surface area contributed by atoms with Gasteiger partial charge >= 0.3 is 21.1 Å². The number of hydrogen-bond acceptors (Lipinski definition) is 0. The van der Waals surface area contributed by atoms with E-state index in [1.165, 1.54) is 0 Å². The fourth-order valence-corrected chi connectivity index (χ4v) is 0. The molecule has 0 nitrogen and oxygen atoms in total. The predicted molar refractivity (Wildman–Crippen MR) is 19.9 cm³/mol. The van der Waals surface area contributed by atoms with Crippen LogP contribution in [0.25, 0.3) is 0 Å². The van der Waals surface area contributed by atoms with Crippen molar-refractivity contribution in [2.75, 3.05) is 0 Å². The first kappa shape index (κ1) is 9.19. The fraction of sp³-hybridized carbons (Fsp3) is 0.500. The Balaban J connectivity index is 0. The maximum absolute atomic E-state index is 3.54. The van der Waals surface area contributed by atoms with Gasteiger partial charge in [-0.1, -0.05) is 0 Å². The number of hydrogen-bond donors (Lipinski definition) is 0. The molecular weight excluding hydrogens is 232 g/mol. The zero-order valence-corrected chi connectivity index (χ0v) is 6.17. The largest absolute Gasteiger partial charge is 2.00 e. The van der Waals surface area contributed by atoms with E-state index in [-0.39, 0.29) is 21.1 Å². The van der Waals surface area contributed by atoms with Gasteiger partial charge in [0, 0.05) is 0 Å². The van der Waals surface area contributed by atoms with Gasteiger partial charge in [-0.25, -0.2) is 12.8 Å². The minimum atomic E-state index is 0. The molecule has 0 aromatic carbocycles. The smallest absolute Gasteiger partial charge is 0.346 e. The Kier molecular flexibility index (Phi) is 16.2. The summed E-state index contributed by atoms with van der Waals surface area (Å²) in [6.07, 6.45) is 1.92. The Hall–Kier alpha value is 0.688. The molecule has 0 rings (SSSR count). The maximum Gasteiger partial charge on any atom is 2.00 e. The molecule has 0 N–H and O–H groups in total. The summed E-state index contributed by atoms with van der Waals surface area (Å²) >= 11 is 0. The number of unbranched alkanes of at least 4 members (excludes halogenated alkanes) is 1. The predicted octanol–water partition coefficient (Wildman–Crippen LogP) is 1.43. The Labute approximate surface area is 48.2 Å². The van der Waals surface area contributed by atoms with Crippen LogP contribution < -0.4 is 0 Å². The van der Waals surface area contributed by atoms with Crippen molar-refractivity contribution in [1.29, 1.82) is 0 Å². The molecule has 0 amide bonds. The summed E-state index contributed by atoms with van der Waals surface area (Å²) in [6.45, 7) is 7.08. The van der Waals surface area contributed by atoms with Crippen LogP contribution in [-0.2, 0) is 21.1 Å². The van der Waals surface area contributed by atoms with Gasteiger partial charge in [-0.3, -0.25) is 0 Å². The first-order valence-corrected chi connectivity index (χ1v) is 1.50. The molecule has 30 valence electrons. The molecule has 0 aromatic heterocycles. The zero-order valence-electron chi connectivity index (χ0n) is 3.24. The van der Waals surface area contributed by atoms with E-state index in [0.717, 1.165) is 12.8 Å². The zero-order chi connectivity index (χ0) is 3.41. The summed E-state index contributed by atoms with van der Waals surface area (Å²) in [5, 5.41) is 0. The first-order valence-electron chi connectivity index (χ1n) is 1.50. The Bertz CT molecular complexity index is 5.61. The van der Waals surface area contributed by atoms with Crippen molar-refractivity contribution in [3.63, 3.8) is 0 Å². The summed E-state index contributed by atoms with van der Waals surface area (Å²) in [7, 11) is 0. The molecule has 0 unspecified atom stereocenters. The van der Waals surface area contributed by atoms with Gasteiger partial charge in [0.05, 0.1) is 0 Å². The van der Waals surface area contributed by atoms with Gasteiger partial charge in [0.25, 0.3) is 0 Å². The van der Waals surface area contributed by atoms with Crippen molar-refractivity contribution in [3.8, 4) is 0 Å². The summed E-state index contributed by atoms with van der Waals surface area (Å²) in [4.78, 5) is 0. The van der Waals surface area contributed by atoms with Crippen LogP contribution in [-0.4, -0.2) is 0 Å². The summed E-state index contributed by atoms with van der Waals surface area (Å²) in [5.41, 5.74) is 0. The van der Waals surface area contributed by atoms with Crippen molar-refractivity contribution < 1.29 is 21.1 Å². The van der Waals surface area contributed by atoms with E-state index in [9.17, 15) is 0 Å². The van der Waals surface area contributed by atoms with Crippen LogP contribution in [0.1, 0.15) is 12.8 Å². The molecule has 0 aliphatic rings. The molecule has 5 heavy (non-hydrogen) atoms. The van der Waals surface area contributed by atoms with Gasteiger partial charge in [-0.15, -0.1) is 0 Å². The summed E-state index contributed by atoms with van der Waals surface area (Å²) < 4.78 is 0. The average Bonchev–Trinajstić information content (AvgIpc) is 1.37. The van der Waals surface area contributed by atoms with Crippen LogP contribution in [0.3, 0.4) is 0 Å². The van der Waals surface area contributed by atoms with Crippen molar-refractivity contribution in [1.82, 2.24) is 0 Å². The van der Waals surface area contributed by atoms with Gasteiger partial charge < -0.3 is 13.8 Å². The third-order valence-corrected chi connectivity index (χ3v) is 0.250. The summed E-state index contributed by atoms with van der Waals surface area (Å²) in [6, 6.07) is 0. The van der Waals surface area contributed by atoms with Gasteiger partial charge in [0.15, 0.2) is 0 Å². The van der Waals surface area contributed by atoms with E-state index in [0.29, 0.717) is 0 Å². The van der Waals surface area contributed by atoms with E-state index in [4.69, 9.17) is 0 Å². The van der Waals surface area contributed by atoms with Crippen molar-refractivity contribution in [2.24, 2.45) is 0 Å². The topological polar surface area (TPSA) is 0 Å². The average molecular weight is 240 g/mol. The quantitative estimate of drug-likeness (QED) is 0.608. The van der Waals surface area contributed by atoms with Crippen LogP contribution in [0.2, 0.25) is 0 Å². The van der Waals surface area contributed by atoms with Crippen LogP contribution in [0.15, 0.2) is 0 Å². The van der Waals surface area contributed by atoms with Crippen molar-refractivity contribution >= 4 is 0 Å². The van der Waals surface area contributed by atoms with Gasteiger partial charge in [-0.05, 0) is 0 Å². The van der Waals surface area contributed by atoms with E-state index in [1.807, 2.05) is 0 Å². The second kappa shape index (κ2) is 8.82. The Morgan fingerprint density at radius 3 is 1.20 bits per heavy atom. The molecule has 0 aliphatic carbocycles. The SMILES string of the molecule is [CH2-]CC[CH2-].[W+2]. The molecule has 0 heterocycles. The summed E-state index contributed by atoms with van der Waals surface area (Å²) in [5.74, 6) is 0.